The minimum Gasteiger partial charge on any atom is -0.346 e. The normalized spacial score (nSPS) is 12.0. The molecule has 0 saturated heterocycles. The van der Waals surface area contributed by atoms with Crippen molar-refractivity contribution in [1.82, 2.24) is 10.3 Å². The fraction of sp³-hybridized carbons (Fsp3) is 0.312. The Balaban J connectivity index is 1.90. The molecule has 1 aromatic heterocycles. The van der Waals surface area contributed by atoms with E-state index in [-0.39, 0.29) is 24.2 Å². The van der Waals surface area contributed by atoms with Crippen LogP contribution in [-0.2, 0) is 9.59 Å². The summed E-state index contributed by atoms with van der Waals surface area (Å²) >= 11 is 1.22. The van der Waals surface area contributed by atoms with Crippen molar-refractivity contribution >= 4 is 28.3 Å². The fourth-order valence-electron chi connectivity index (χ4n) is 1.86. The molecule has 0 aliphatic heterocycles. The number of anilines is 1. The van der Waals surface area contributed by atoms with Gasteiger partial charge in [0.05, 0.1) is 18.3 Å². The molecule has 0 spiro atoms. The number of amides is 2. The maximum Gasteiger partial charge on any atom is 0.245 e. The third kappa shape index (κ3) is 4.84. The van der Waals surface area contributed by atoms with Gasteiger partial charge in [0.15, 0.2) is 5.13 Å². The van der Waals surface area contributed by atoms with Crippen LogP contribution in [0.25, 0.3) is 11.3 Å². The van der Waals surface area contributed by atoms with E-state index in [2.05, 4.69) is 15.6 Å². The number of benzene rings is 1. The molecule has 2 amide bonds. The molecule has 2 aromatic rings. The topological polar surface area (TPSA) is 97.1 Å². The molecular weight excluding hydrogens is 331 g/mol. The first-order chi connectivity index (χ1) is 11.4. The highest BCUT2D eigenvalue weighted by atomic mass is 32.1. The van der Waals surface area contributed by atoms with Gasteiger partial charge < -0.3 is 16.4 Å². The highest BCUT2D eigenvalue weighted by molar-refractivity contribution is 7.14. The summed E-state index contributed by atoms with van der Waals surface area (Å²) < 4.78 is 13.2. The molecule has 0 aliphatic rings. The van der Waals surface area contributed by atoms with Gasteiger partial charge in [0.25, 0.3) is 0 Å². The molecule has 0 fully saturated rings. The van der Waals surface area contributed by atoms with Crippen LogP contribution in [0.5, 0.6) is 0 Å². The number of carbonyl (C=O) groups is 2. The SMILES string of the molecule is CC(C)[C@H](N)C(=O)NCC(=O)Nc1nc(-c2cccc(F)c2)cs1. The number of aromatic nitrogens is 1. The smallest absolute Gasteiger partial charge is 0.245 e. The van der Waals surface area contributed by atoms with E-state index in [1.807, 2.05) is 13.8 Å². The van der Waals surface area contributed by atoms with Gasteiger partial charge >= 0.3 is 0 Å². The summed E-state index contributed by atoms with van der Waals surface area (Å²) in [6, 6.07) is 5.39. The lowest BCUT2D eigenvalue weighted by Gasteiger charge is -2.14. The van der Waals surface area contributed by atoms with Gasteiger partial charge in [-0.25, -0.2) is 9.37 Å². The van der Waals surface area contributed by atoms with Gasteiger partial charge in [0.1, 0.15) is 5.82 Å². The number of nitrogens with one attached hydrogen (secondary N) is 2. The third-order valence-corrected chi connectivity index (χ3v) is 4.07. The van der Waals surface area contributed by atoms with Crippen molar-refractivity contribution in [2.75, 3.05) is 11.9 Å². The van der Waals surface area contributed by atoms with Gasteiger partial charge in [-0.15, -0.1) is 11.3 Å². The van der Waals surface area contributed by atoms with Crippen LogP contribution in [0.1, 0.15) is 13.8 Å². The van der Waals surface area contributed by atoms with Crippen molar-refractivity contribution in [3.8, 4) is 11.3 Å². The molecular formula is C16H19FN4O2S. The lowest BCUT2D eigenvalue weighted by Crippen LogP contribution is -2.46. The van der Waals surface area contributed by atoms with Crippen molar-refractivity contribution in [2.45, 2.75) is 19.9 Å². The van der Waals surface area contributed by atoms with Crippen LogP contribution in [0, 0.1) is 11.7 Å². The number of nitrogens with zero attached hydrogens (tertiary/aromatic N) is 1. The standard InChI is InChI=1S/C16H19FN4O2S/c1-9(2)14(18)15(23)19-7-13(22)21-16-20-12(8-24-16)10-4-3-5-11(17)6-10/h3-6,8-9,14H,7,18H2,1-2H3,(H,19,23)(H,20,21,22)/t14-/m0/s1. The summed E-state index contributed by atoms with van der Waals surface area (Å²) in [6.45, 7) is 3.47. The Bertz CT molecular complexity index is 732. The lowest BCUT2D eigenvalue weighted by molar-refractivity contribution is -0.125. The quantitative estimate of drug-likeness (QED) is 0.742. The Labute approximate surface area is 143 Å². The number of hydrogen-bond acceptors (Lipinski definition) is 5. The molecule has 2 rings (SSSR count). The fourth-order valence-corrected chi connectivity index (χ4v) is 2.60. The highest BCUT2D eigenvalue weighted by Gasteiger charge is 2.18. The second kappa shape index (κ2) is 7.98. The van der Waals surface area contributed by atoms with E-state index in [4.69, 9.17) is 5.73 Å². The Morgan fingerprint density at radius 2 is 2.12 bits per heavy atom. The monoisotopic (exact) mass is 350 g/mol. The van der Waals surface area contributed by atoms with Crippen LogP contribution in [0.4, 0.5) is 9.52 Å². The minimum atomic E-state index is -0.655. The molecule has 4 N–H and O–H groups in total. The Kier molecular flexibility index (Phi) is 5.99. The molecule has 6 nitrogen and oxygen atoms in total. The predicted molar refractivity (Wildman–Crippen MR) is 92.0 cm³/mol. The minimum absolute atomic E-state index is 0.0131. The van der Waals surface area contributed by atoms with Crippen molar-refractivity contribution in [1.29, 1.82) is 0 Å². The van der Waals surface area contributed by atoms with Crippen molar-refractivity contribution < 1.29 is 14.0 Å². The van der Waals surface area contributed by atoms with Crippen LogP contribution in [0.3, 0.4) is 0 Å². The van der Waals surface area contributed by atoms with E-state index in [1.54, 1.807) is 17.5 Å². The van der Waals surface area contributed by atoms with E-state index in [9.17, 15) is 14.0 Å². The maximum absolute atomic E-state index is 13.2. The molecule has 24 heavy (non-hydrogen) atoms. The molecule has 0 unspecified atom stereocenters. The molecule has 0 aliphatic carbocycles. The largest absolute Gasteiger partial charge is 0.346 e. The number of halogens is 1. The molecule has 128 valence electrons. The molecule has 1 heterocycles. The summed E-state index contributed by atoms with van der Waals surface area (Å²) in [5, 5.41) is 7.17. The van der Waals surface area contributed by atoms with E-state index in [1.165, 1.54) is 23.5 Å². The van der Waals surface area contributed by atoms with Gasteiger partial charge in [-0.1, -0.05) is 26.0 Å². The Morgan fingerprint density at radius 1 is 1.38 bits per heavy atom. The Morgan fingerprint density at radius 3 is 2.79 bits per heavy atom. The van der Waals surface area contributed by atoms with Gasteiger partial charge in [0.2, 0.25) is 11.8 Å². The number of nitrogens with two attached hydrogens (primary N) is 1. The van der Waals surface area contributed by atoms with Gasteiger partial charge in [-0.05, 0) is 18.1 Å². The predicted octanol–water partition coefficient (Wildman–Crippen LogP) is 1.99. The summed E-state index contributed by atoms with van der Waals surface area (Å²) in [5.74, 6) is -1.14. The van der Waals surface area contributed by atoms with Gasteiger partial charge in [0, 0.05) is 10.9 Å². The first kappa shape index (κ1) is 18.0. The van der Waals surface area contributed by atoms with Crippen molar-refractivity contribution in [3.05, 3.63) is 35.5 Å². The van der Waals surface area contributed by atoms with Crippen molar-refractivity contribution in [3.63, 3.8) is 0 Å². The first-order valence-electron chi connectivity index (χ1n) is 7.41. The van der Waals surface area contributed by atoms with Crippen LogP contribution in [0.15, 0.2) is 29.6 Å². The average Bonchev–Trinajstić information content (AvgIpc) is 3.00. The molecule has 1 atom stereocenters. The number of carbonyl (C=O) groups excluding carboxylic acids is 2. The van der Waals surface area contributed by atoms with Crippen LogP contribution >= 0.6 is 11.3 Å². The zero-order valence-corrected chi connectivity index (χ0v) is 14.2. The zero-order valence-electron chi connectivity index (χ0n) is 13.4. The maximum atomic E-state index is 13.2. The highest BCUT2D eigenvalue weighted by Crippen LogP contribution is 2.25. The van der Waals surface area contributed by atoms with E-state index in [0.717, 1.165) is 0 Å². The Hall–Kier alpha value is -2.32. The number of thiazole rings is 1. The molecule has 0 bridgehead atoms. The van der Waals surface area contributed by atoms with Gasteiger partial charge in [-0.3, -0.25) is 9.59 Å². The van der Waals surface area contributed by atoms with E-state index >= 15 is 0 Å². The molecule has 8 heteroatoms. The zero-order chi connectivity index (χ0) is 17.7. The second-order valence-electron chi connectivity index (χ2n) is 5.58. The summed E-state index contributed by atoms with van der Waals surface area (Å²) in [5.41, 5.74) is 6.89. The van der Waals surface area contributed by atoms with E-state index in [0.29, 0.717) is 16.4 Å². The first-order valence-corrected chi connectivity index (χ1v) is 8.29. The summed E-state index contributed by atoms with van der Waals surface area (Å²) in [6.07, 6.45) is 0. The summed E-state index contributed by atoms with van der Waals surface area (Å²) in [7, 11) is 0. The van der Waals surface area contributed by atoms with Crippen molar-refractivity contribution in [2.24, 2.45) is 11.7 Å². The third-order valence-electron chi connectivity index (χ3n) is 3.32. The van der Waals surface area contributed by atoms with Crippen LogP contribution in [0.2, 0.25) is 0 Å². The van der Waals surface area contributed by atoms with Gasteiger partial charge in [-0.2, -0.15) is 0 Å². The number of rotatable bonds is 6. The summed E-state index contributed by atoms with van der Waals surface area (Å²) in [4.78, 5) is 27.8. The second-order valence-corrected chi connectivity index (χ2v) is 6.44. The molecule has 0 radical (unpaired) electrons. The number of hydrogen-bond donors (Lipinski definition) is 3. The average molecular weight is 350 g/mol. The molecule has 1 aromatic carbocycles. The lowest BCUT2D eigenvalue weighted by atomic mass is 10.1. The molecule has 0 saturated carbocycles. The van der Waals surface area contributed by atoms with Crippen LogP contribution in [-0.4, -0.2) is 29.4 Å². The van der Waals surface area contributed by atoms with Crippen LogP contribution < -0.4 is 16.4 Å². The van der Waals surface area contributed by atoms with E-state index < -0.39 is 11.9 Å².